The Hall–Kier alpha value is -4.01. The molecule has 2 aromatic carbocycles. The molecule has 0 bridgehead atoms. The van der Waals surface area contributed by atoms with E-state index in [-0.39, 0.29) is 6.61 Å². The standard InChI is InChI=1S/C27H22N4O2S2/c1-19-9-12-21(13-10-19)28-27-29-22(18-35-27)17-33-25(32)14-11-20-16-31(23-6-3-2-4-7-23)30-26(20)24-8-5-15-34-24/h2-16,18H,17H2,1H3,(H,28,29)/b14-11+. The Balaban J connectivity index is 1.24. The molecule has 0 radical (unpaired) electrons. The van der Waals surface area contributed by atoms with Crippen molar-refractivity contribution in [3.63, 3.8) is 0 Å². The van der Waals surface area contributed by atoms with Gasteiger partial charge in [-0.2, -0.15) is 5.10 Å². The number of anilines is 2. The van der Waals surface area contributed by atoms with Crippen LogP contribution in [0.15, 0.2) is 89.8 Å². The molecule has 0 amide bonds. The predicted molar refractivity (Wildman–Crippen MR) is 142 cm³/mol. The van der Waals surface area contributed by atoms with Crippen molar-refractivity contribution in [3.05, 3.63) is 107 Å². The van der Waals surface area contributed by atoms with Crippen LogP contribution in [-0.2, 0) is 16.1 Å². The molecule has 0 unspecified atom stereocenters. The Morgan fingerprint density at radius 2 is 1.89 bits per heavy atom. The minimum absolute atomic E-state index is 0.107. The Morgan fingerprint density at radius 1 is 1.06 bits per heavy atom. The number of benzene rings is 2. The Morgan fingerprint density at radius 3 is 2.66 bits per heavy atom. The molecule has 0 saturated heterocycles. The lowest BCUT2D eigenvalue weighted by Gasteiger charge is -2.02. The van der Waals surface area contributed by atoms with E-state index in [2.05, 4.69) is 10.3 Å². The first-order valence-electron chi connectivity index (χ1n) is 11.0. The smallest absolute Gasteiger partial charge is 0.331 e. The van der Waals surface area contributed by atoms with Crippen molar-refractivity contribution < 1.29 is 9.53 Å². The number of thiazole rings is 1. The number of aromatic nitrogens is 3. The molecule has 35 heavy (non-hydrogen) atoms. The van der Waals surface area contributed by atoms with Crippen LogP contribution in [0.5, 0.6) is 0 Å². The van der Waals surface area contributed by atoms with Gasteiger partial charge in [-0.3, -0.25) is 0 Å². The Labute approximate surface area is 211 Å². The summed E-state index contributed by atoms with van der Waals surface area (Å²) in [5.41, 5.74) is 5.47. The summed E-state index contributed by atoms with van der Waals surface area (Å²) >= 11 is 3.08. The second kappa shape index (κ2) is 10.5. The maximum absolute atomic E-state index is 12.4. The van der Waals surface area contributed by atoms with Gasteiger partial charge in [0.25, 0.3) is 0 Å². The summed E-state index contributed by atoms with van der Waals surface area (Å²) < 4.78 is 7.23. The third-order valence-corrected chi connectivity index (χ3v) is 6.82. The molecule has 1 N–H and O–H groups in total. The van der Waals surface area contributed by atoms with Gasteiger partial charge in [0.1, 0.15) is 12.3 Å². The van der Waals surface area contributed by atoms with Gasteiger partial charge in [-0.1, -0.05) is 42.0 Å². The van der Waals surface area contributed by atoms with Crippen LogP contribution in [0.1, 0.15) is 16.8 Å². The molecule has 0 spiro atoms. The van der Waals surface area contributed by atoms with Crippen LogP contribution < -0.4 is 5.32 Å². The van der Waals surface area contributed by atoms with Crippen molar-refractivity contribution in [2.75, 3.05) is 5.32 Å². The quantitative estimate of drug-likeness (QED) is 0.187. The number of esters is 1. The number of para-hydroxylation sites is 1. The minimum atomic E-state index is -0.435. The third-order valence-electron chi connectivity index (χ3n) is 5.13. The number of nitrogens with zero attached hydrogens (tertiary/aromatic N) is 3. The number of thiophene rings is 1. The van der Waals surface area contributed by atoms with E-state index in [1.807, 2.05) is 95.3 Å². The van der Waals surface area contributed by atoms with E-state index in [0.29, 0.717) is 5.69 Å². The number of rotatable bonds is 8. The van der Waals surface area contributed by atoms with Crippen LogP contribution in [-0.4, -0.2) is 20.7 Å². The van der Waals surface area contributed by atoms with Crippen LogP contribution in [0.25, 0.3) is 22.3 Å². The Kier molecular flexibility index (Phi) is 6.83. The zero-order chi connectivity index (χ0) is 24.0. The number of nitrogens with one attached hydrogen (secondary N) is 1. The predicted octanol–water partition coefficient (Wildman–Crippen LogP) is 6.87. The summed E-state index contributed by atoms with van der Waals surface area (Å²) in [4.78, 5) is 17.9. The van der Waals surface area contributed by atoms with Crippen molar-refractivity contribution in [2.45, 2.75) is 13.5 Å². The van der Waals surface area contributed by atoms with Gasteiger partial charge in [0, 0.05) is 28.9 Å². The first kappa shape index (κ1) is 22.8. The first-order valence-corrected chi connectivity index (χ1v) is 12.7. The molecule has 0 aliphatic carbocycles. The molecule has 0 aliphatic heterocycles. The van der Waals surface area contributed by atoms with E-state index in [1.54, 1.807) is 17.4 Å². The number of aryl methyl sites for hydroxylation is 1. The van der Waals surface area contributed by atoms with E-state index in [1.165, 1.54) is 23.0 Å². The van der Waals surface area contributed by atoms with Crippen LogP contribution in [0.2, 0.25) is 0 Å². The average molecular weight is 499 g/mol. The molecule has 5 rings (SSSR count). The largest absolute Gasteiger partial charge is 0.456 e. The molecule has 6 nitrogen and oxygen atoms in total. The van der Waals surface area contributed by atoms with E-state index in [9.17, 15) is 4.79 Å². The van der Waals surface area contributed by atoms with E-state index in [4.69, 9.17) is 9.84 Å². The number of carbonyl (C=O) groups is 1. The summed E-state index contributed by atoms with van der Waals surface area (Å²) in [5, 5.41) is 12.7. The summed E-state index contributed by atoms with van der Waals surface area (Å²) in [6, 6.07) is 22.0. The molecule has 5 aromatic rings. The van der Waals surface area contributed by atoms with Gasteiger partial charge in [-0.05, 0) is 48.7 Å². The highest BCUT2D eigenvalue weighted by Crippen LogP contribution is 2.28. The van der Waals surface area contributed by atoms with Gasteiger partial charge in [-0.25, -0.2) is 14.5 Å². The highest BCUT2D eigenvalue weighted by molar-refractivity contribution is 7.14. The van der Waals surface area contributed by atoms with Crippen molar-refractivity contribution in [1.82, 2.24) is 14.8 Å². The van der Waals surface area contributed by atoms with Gasteiger partial charge in [0.05, 0.1) is 16.3 Å². The molecule has 0 saturated carbocycles. The third kappa shape index (κ3) is 5.74. The topological polar surface area (TPSA) is 69.0 Å². The zero-order valence-corrected chi connectivity index (χ0v) is 20.6. The van der Waals surface area contributed by atoms with E-state index >= 15 is 0 Å². The summed E-state index contributed by atoms with van der Waals surface area (Å²) in [6.07, 6.45) is 5.09. The van der Waals surface area contributed by atoms with Gasteiger partial charge < -0.3 is 10.1 Å². The first-order chi connectivity index (χ1) is 17.1. The van der Waals surface area contributed by atoms with Crippen LogP contribution >= 0.6 is 22.7 Å². The Bertz CT molecular complexity index is 1440. The van der Waals surface area contributed by atoms with E-state index < -0.39 is 5.97 Å². The fraction of sp³-hybridized carbons (Fsp3) is 0.0741. The van der Waals surface area contributed by atoms with Gasteiger partial charge in [0.15, 0.2) is 5.13 Å². The van der Waals surface area contributed by atoms with Crippen LogP contribution in [0.3, 0.4) is 0 Å². The van der Waals surface area contributed by atoms with Crippen molar-refractivity contribution >= 4 is 45.5 Å². The maximum Gasteiger partial charge on any atom is 0.331 e. The second-order valence-electron chi connectivity index (χ2n) is 7.77. The molecule has 3 aromatic heterocycles. The molecular formula is C27H22N4O2S2. The molecule has 3 heterocycles. The van der Waals surface area contributed by atoms with Crippen LogP contribution in [0.4, 0.5) is 10.8 Å². The monoisotopic (exact) mass is 498 g/mol. The highest BCUT2D eigenvalue weighted by atomic mass is 32.1. The number of carbonyl (C=O) groups excluding carboxylic acids is 1. The van der Waals surface area contributed by atoms with Crippen molar-refractivity contribution in [2.24, 2.45) is 0 Å². The lowest BCUT2D eigenvalue weighted by atomic mass is 10.2. The normalized spacial score (nSPS) is 11.1. The molecule has 174 valence electrons. The fourth-order valence-corrected chi connectivity index (χ4v) is 4.82. The van der Waals surface area contributed by atoms with Gasteiger partial charge in [0.2, 0.25) is 0 Å². The summed E-state index contributed by atoms with van der Waals surface area (Å²) in [7, 11) is 0. The summed E-state index contributed by atoms with van der Waals surface area (Å²) in [5.74, 6) is -0.435. The molecule has 0 aliphatic rings. The lowest BCUT2D eigenvalue weighted by Crippen LogP contribution is -2.01. The second-order valence-corrected chi connectivity index (χ2v) is 9.57. The maximum atomic E-state index is 12.4. The van der Waals surface area contributed by atoms with Gasteiger partial charge >= 0.3 is 5.97 Å². The number of hydrogen-bond acceptors (Lipinski definition) is 7. The number of ether oxygens (including phenoxy) is 1. The van der Waals surface area contributed by atoms with Crippen molar-refractivity contribution in [1.29, 1.82) is 0 Å². The lowest BCUT2D eigenvalue weighted by molar-refractivity contribution is -0.139. The number of hydrogen-bond donors (Lipinski definition) is 1. The fourth-order valence-electron chi connectivity index (χ4n) is 3.37. The molecular weight excluding hydrogens is 476 g/mol. The minimum Gasteiger partial charge on any atom is -0.456 e. The van der Waals surface area contributed by atoms with E-state index in [0.717, 1.165) is 32.6 Å². The molecule has 8 heteroatoms. The molecule has 0 fully saturated rings. The van der Waals surface area contributed by atoms with Crippen LogP contribution in [0, 0.1) is 6.92 Å². The highest BCUT2D eigenvalue weighted by Gasteiger charge is 2.12. The average Bonchev–Trinajstić information content (AvgIpc) is 3.64. The molecule has 0 atom stereocenters. The van der Waals surface area contributed by atoms with Gasteiger partial charge in [-0.15, -0.1) is 22.7 Å². The zero-order valence-electron chi connectivity index (χ0n) is 18.9. The SMILES string of the molecule is Cc1ccc(Nc2nc(COC(=O)/C=C/c3cn(-c4ccccc4)nc3-c3cccs3)cs2)cc1. The summed E-state index contributed by atoms with van der Waals surface area (Å²) in [6.45, 7) is 2.16. The van der Waals surface area contributed by atoms with Crippen molar-refractivity contribution in [3.8, 4) is 16.3 Å².